The van der Waals surface area contributed by atoms with E-state index in [1.54, 1.807) is 0 Å². The molecular formula is C20H22N2. The predicted octanol–water partition coefficient (Wildman–Crippen LogP) is 3.29. The molecule has 0 atom stereocenters. The molecule has 2 aromatic rings. The SMILES string of the molecule is CNC=C1CN(C2c3ccccc3CCc3ccccc32)C1. The molecule has 2 heteroatoms. The predicted molar refractivity (Wildman–Crippen MR) is 90.9 cm³/mol. The van der Waals surface area contributed by atoms with Crippen LogP contribution in [0, 0.1) is 0 Å². The topological polar surface area (TPSA) is 15.3 Å². The van der Waals surface area contributed by atoms with Crippen LogP contribution in [0.3, 0.4) is 0 Å². The van der Waals surface area contributed by atoms with Gasteiger partial charge in [0.2, 0.25) is 0 Å². The van der Waals surface area contributed by atoms with Crippen molar-refractivity contribution < 1.29 is 0 Å². The summed E-state index contributed by atoms with van der Waals surface area (Å²) in [4.78, 5) is 2.59. The maximum absolute atomic E-state index is 3.16. The van der Waals surface area contributed by atoms with E-state index in [9.17, 15) is 0 Å². The molecular weight excluding hydrogens is 268 g/mol. The smallest absolute Gasteiger partial charge is 0.0613 e. The summed E-state index contributed by atoms with van der Waals surface area (Å²) in [5.41, 5.74) is 7.50. The number of aryl methyl sites for hydroxylation is 2. The van der Waals surface area contributed by atoms with Crippen LogP contribution in [0.4, 0.5) is 0 Å². The monoisotopic (exact) mass is 290 g/mol. The van der Waals surface area contributed by atoms with Gasteiger partial charge in [0.1, 0.15) is 0 Å². The van der Waals surface area contributed by atoms with E-state index >= 15 is 0 Å². The molecule has 0 bridgehead atoms. The molecule has 4 rings (SSSR count). The molecule has 112 valence electrons. The van der Waals surface area contributed by atoms with Gasteiger partial charge in [0, 0.05) is 20.1 Å². The first kappa shape index (κ1) is 13.6. The highest BCUT2D eigenvalue weighted by atomic mass is 15.2. The summed E-state index contributed by atoms with van der Waals surface area (Å²) in [5.74, 6) is 0. The zero-order valence-electron chi connectivity index (χ0n) is 13.0. The van der Waals surface area contributed by atoms with Crippen LogP contribution in [-0.4, -0.2) is 25.0 Å². The number of fused-ring (bicyclic) bond motifs is 2. The Bertz CT molecular complexity index is 662. The largest absolute Gasteiger partial charge is 0.394 e. The lowest BCUT2D eigenvalue weighted by Gasteiger charge is -2.41. The average molecular weight is 290 g/mol. The normalized spacial score (nSPS) is 18.0. The van der Waals surface area contributed by atoms with E-state index in [2.05, 4.69) is 64.9 Å². The molecule has 1 saturated heterocycles. The number of rotatable bonds is 2. The molecule has 0 spiro atoms. The Morgan fingerprint density at radius 1 is 0.909 bits per heavy atom. The number of nitrogens with one attached hydrogen (secondary N) is 1. The van der Waals surface area contributed by atoms with Crippen LogP contribution in [0.15, 0.2) is 60.3 Å². The van der Waals surface area contributed by atoms with Gasteiger partial charge in [0.05, 0.1) is 6.04 Å². The standard InChI is InChI=1S/C20H22N2/c1-21-12-15-13-22(14-15)20-18-8-4-2-6-16(18)10-11-17-7-3-5-9-19(17)20/h2-9,12,20-21H,10-11,13-14H2,1H3. The van der Waals surface area contributed by atoms with E-state index < -0.39 is 0 Å². The van der Waals surface area contributed by atoms with E-state index in [-0.39, 0.29) is 0 Å². The van der Waals surface area contributed by atoms with Gasteiger partial charge in [-0.25, -0.2) is 0 Å². The summed E-state index contributed by atoms with van der Waals surface area (Å²) in [7, 11) is 1.98. The first-order valence-electron chi connectivity index (χ1n) is 8.11. The third kappa shape index (κ3) is 2.24. The lowest BCUT2D eigenvalue weighted by atomic mass is 9.90. The van der Waals surface area contributed by atoms with Crippen molar-refractivity contribution in [2.24, 2.45) is 0 Å². The summed E-state index contributed by atoms with van der Waals surface area (Å²) in [6, 6.07) is 18.4. The van der Waals surface area contributed by atoms with E-state index in [4.69, 9.17) is 0 Å². The molecule has 1 N–H and O–H groups in total. The molecule has 2 aromatic carbocycles. The van der Waals surface area contributed by atoms with Crippen LogP contribution in [-0.2, 0) is 12.8 Å². The molecule has 0 unspecified atom stereocenters. The first-order chi connectivity index (χ1) is 10.9. The van der Waals surface area contributed by atoms with E-state index in [1.807, 2.05) is 7.05 Å². The fraction of sp³-hybridized carbons (Fsp3) is 0.300. The summed E-state index contributed by atoms with van der Waals surface area (Å²) in [6.07, 6.45) is 4.44. The Kier molecular flexibility index (Phi) is 3.47. The Morgan fingerprint density at radius 3 is 2.00 bits per heavy atom. The molecule has 1 heterocycles. The Labute approximate surface area is 132 Å². The van der Waals surface area contributed by atoms with Gasteiger partial charge < -0.3 is 5.32 Å². The minimum Gasteiger partial charge on any atom is -0.394 e. The molecule has 0 aromatic heterocycles. The maximum atomic E-state index is 3.16. The van der Waals surface area contributed by atoms with Crippen molar-refractivity contribution in [1.29, 1.82) is 0 Å². The van der Waals surface area contributed by atoms with Crippen molar-refractivity contribution in [3.63, 3.8) is 0 Å². The lowest BCUT2D eigenvalue weighted by Crippen LogP contribution is -2.43. The van der Waals surface area contributed by atoms with E-state index in [0.29, 0.717) is 6.04 Å². The fourth-order valence-electron chi connectivity index (χ4n) is 3.84. The number of nitrogens with zero attached hydrogens (tertiary/aromatic N) is 1. The van der Waals surface area contributed by atoms with Crippen molar-refractivity contribution in [1.82, 2.24) is 10.2 Å². The zero-order valence-corrected chi connectivity index (χ0v) is 13.0. The number of likely N-dealkylation sites (tertiary alicyclic amines) is 1. The second kappa shape index (κ2) is 5.62. The highest BCUT2D eigenvalue weighted by Crippen LogP contribution is 2.39. The summed E-state index contributed by atoms with van der Waals surface area (Å²) in [6.45, 7) is 2.13. The molecule has 1 fully saturated rings. The second-order valence-corrected chi connectivity index (χ2v) is 6.30. The van der Waals surface area contributed by atoms with Crippen molar-refractivity contribution in [2.45, 2.75) is 18.9 Å². The molecule has 22 heavy (non-hydrogen) atoms. The van der Waals surface area contributed by atoms with Crippen LogP contribution in [0.5, 0.6) is 0 Å². The third-order valence-corrected chi connectivity index (χ3v) is 4.89. The van der Waals surface area contributed by atoms with Gasteiger partial charge in [0.25, 0.3) is 0 Å². The summed E-state index contributed by atoms with van der Waals surface area (Å²) >= 11 is 0. The van der Waals surface area contributed by atoms with Crippen LogP contribution in [0.2, 0.25) is 0 Å². The first-order valence-corrected chi connectivity index (χ1v) is 8.11. The highest BCUT2D eigenvalue weighted by molar-refractivity contribution is 5.45. The fourth-order valence-corrected chi connectivity index (χ4v) is 3.84. The summed E-state index contributed by atoms with van der Waals surface area (Å²) in [5, 5.41) is 3.16. The lowest BCUT2D eigenvalue weighted by molar-refractivity contribution is 0.200. The quantitative estimate of drug-likeness (QED) is 0.913. The molecule has 1 aliphatic carbocycles. The average Bonchev–Trinajstić information content (AvgIpc) is 2.68. The van der Waals surface area contributed by atoms with Crippen LogP contribution < -0.4 is 5.32 Å². The van der Waals surface area contributed by atoms with Gasteiger partial charge in [-0.1, -0.05) is 48.5 Å². The second-order valence-electron chi connectivity index (χ2n) is 6.30. The minimum absolute atomic E-state index is 0.406. The van der Waals surface area contributed by atoms with E-state index in [1.165, 1.54) is 27.8 Å². The van der Waals surface area contributed by atoms with Crippen molar-refractivity contribution in [3.05, 3.63) is 82.6 Å². The van der Waals surface area contributed by atoms with E-state index in [0.717, 1.165) is 25.9 Å². The van der Waals surface area contributed by atoms with Gasteiger partial charge in [-0.2, -0.15) is 0 Å². The highest BCUT2D eigenvalue weighted by Gasteiger charge is 2.33. The van der Waals surface area contributed by atoms with Gasteiger partial charge in [-0.05, 0) is 46.9 Å². The number of hydrogen-bond donors (Lipinski definition) is 1. The molecule has 2 nitrogen and oxygen atoms in total. The molecule has 2 aliphatic rings. The van der Waals surface area contributed by atoms with Crippen LogP contribution in [0.1, 0.15) is 28.3 Å². The number of benzene rings is 2. The zero-order chi connectivity index (χ0) is 14.9. The van der Waals surface area contributed by atoms with Gasteiger partial charge in [-0.15, -0.1) is 0 Å². The number of hydrogen-bond acceptors (Lipinski definition) is 2. The van der Waals surface area contributed by atoms with Gasteiger partial charge in [-0.3, -0.25) is 4.90 Å². The maximum Gasteiger partial charge on any atom is 0.0613 e. The molecule has 0 saturated carbocycles. The Balaban J connectivity index is 1.77. The van der Waals surface area contributed by atoms with Gasteiger partial charge in [0.15, 0.2) is 0 Å². The van der Waals surface area contributed by atoms with Crippen molar-refractivity contribution in [2.75, 3.05) is 20.1 Å². The molecule has 0 radical (unpaired) electrons. The van der Waals surface area contributed by atoms with Crippen LogP contribution in [0.25, 0.3) is 0 Å². The Morgan fingerprint density at radius 2 is 1.45 bits per heavy atom. The van der Waals surface area contributed by atoms with Crippen molar-refractivity contribution in [3.8, 4) is 0 Å². The van der Waals surface area contributed by atoms with Crippen LogP contribution >= 0.6 is 0 Å². The molecule has 0 amide bonds. The molecule has 1 aliphatic heterocycles. The third-order valence-electron chi connectivity index (χ3n) is 4.89. The minimum atomic E-state index is 0.406. The van der Waals surface area contributed by atoms with Gasteiger partial charge >= 0.3 is 0 Å². The van der Waals surface area contributed by atoms with Crippen molar-refractivity contribution >= 4 is 0 Å². The summed E-state index contributed by atoms with van der Waals surface area (Å²) < 4.78 is 0. The Hall–Kier alpha value is -2.06.